The van der Waals surface area contributed by atoms with Gasteiger partial charge in [-0.2, -0.15) is 0 Å². The Bertz CT molecular complexity index is 503. The summed E-state index contributed by atoms with van der Waals surface area (Å²) in [7, 11) is 3.42. The molecule has 128 valence electrons. The Balaban J connectivity index is 1.93. The average molecular weight is 319 g/mol. The number of para-hydroxylation sites is 1. The van der Waals surface area contributed by atoms with Gasteiger partial charge in [0.15, 0.2) is 0 Å². The summed E-state index contributed by atoms with van der Waals surface area (Å²) in [5.74, 6) is 0.896. The summed E-state index contributed by atoms with van der Waals surface area (Å²) < 4.78 is 10.6. The van der Waals surface area contributed by atoms with Crippen molar-refractivity contribution in [1.82, 2.24) is 4.90 Å². The van der Waals surface area contributed by atoms with Crippen molar-refractivity contribution in [3.63, 3.8) is 0 Å². The molecule has 0 spiro atoms. The van der Waals surface area contributed by atoms with Crippen LogP contribution in [0.15, 0.2) is 30.3 Å². The number of rotatable bonds is 8. The van der Waals surface area contributed by atoms with Gasteiger partial charge in [-0.3, -0.25) is 4.90 Å². The number of hydrogen-bond donors (Lipinski definition) is 1. The largest absolute Gasteiger partial charge is 0.496 e. The van der Waals surface area contributed by atoms with Crippen molar-refractivity contribution in [3.05, 3.63) is 35.9 Å². The van der Waals surface area contributed by atoms with Crippen molar-refractivity contribution in [2.75, 3.05) is 47.1 Å². The van der Waals surface area contributed by atoms with Gasteiger partial charge in [0, 0.05) is 37.8 Å². The number of benzene rings is 1. The molecule has 0 unspecified atom stereocenters. The van der Waals surface area contributed by atoms with E-state index in [4.69, 9.17) is 9.47 Å². The van der Waals surface area contributed by atoms with E-state index in [0.717, 1.165) is 50.2 Å². The van der Waals surface area contributed by atoms with Crippen LogP contribution in [0.2, 0.25) is 0 Å². The third-order valence-corrected chi connectivity index (χ3v) is 4.71. The highest BCUT2D eigenvalue weighted by atomic mass is 16.5. The summed E-state index contributed by atoms with van der Waals surface area (Å²) in [6, 6.07) is 8.03. The van der Waals surface area contributed by atoms with E-state index in [1.807, 2.05) is 18.2 Å². The normalized spacial score (nSPS) is 22.6. The molecule has 0 aromatic heterocycles. The van der Waals surface area contributed by atoms with E-state index in [9.17, 15) is 5.11 Å². The fourth-order valence-corrected chi connectivity index (χ4v) is 3.33. The Morgan fingerprint density at radius 2 is 2.13 bits per heavy atom. The minimum atomic E-state index is -0.00740. The third-order valence-electron chi connectivity index (χ3n) is 4.71. The lowest BCUT2D eigenvalue weighted by Gasteiger charge is -2.41. The van der Waals surface area contributed by atoms with Gasteiger partial charge in [-0.05, 0) is 31.9 Å². The van der Waals surface area contributed by atoms with Crippen LogP contribution in [0.1, 0.15) is 24.8 Å². The second-order valence-corrected chi connectivity index (χ2v) is 6.38. The molecule has 1 aromatic carbocycles. The van der Waals surface area contributed by atoms with Crippen molar-refractivity contribution >= 4 is 6.08 Å². The molecule has 1 saturated heterocycles. The maximum absolute atomic E-state index is 9.84. The van der Waals surface area contributed by atoms with Crippen molar-refractivity contribution in [2.24, 2.45) is 5.41 Å². The Labute approximate surface area is 139 Å². The molecular weight excluding hydrogens is 290 g/mol. The van der Waals surface area contributed by atoms with Crippen molar-refractivity contribution in [3.8, 4) is 5.75 Å². The van der Waals surface area contributed by atoms with Crippen LogP contribution in [0.25, 0.3) is 6.08 Å². The van der Waals surface area contributed by atoms with E-state index in [1.54, 1.807) is 14.2 Å². The number of ether oxygens (including phenoxy) is 2. The molecule has 0 saturated carbocycles. The van der Waals surface area contributed by atoms with E-state index in [0.29, 0.717) is 6.61 Å². The van der Waals surface area contributed by atoms with Crippen LogP contribution >= 0.6 is 0 Å². The first-order valence-corrected chi connectivity index (χ1v) is 8.35. The second-order valence-electron chi connectivity index (χ2n) is 6.38. The van der Waals surface area contributed by atoms with Crippen LogP contribution in [-0.4, -0.2) is 57.1 Å². The zero-order valence-electron chi connectivity index (χ0n) is 14.3. The summed E-state index contributed by atoms with van der Waals surface area (Å²) in [6.07, 6.45) is 7.43. The quantitative estimate of drug-likeness (QED) is 0.800. The highest BCUT2D eigenvalue weighted by Crippen LogP contribution is 2.33. The van der Waals surface area contributed by atoms with Gasteiger partial charge in [0.2, 0.25) is 0 Å². The van der Waals surface area contributed by atoms with Crippen LogP contribution in [0.3, 0.4) is 0 Å². The second kappa shape index (κ2) is 9.06. The number of nitrogens with zero attached hydrogens (tertiary/aromatic N) is 1. The minimum Gasteiger partial charge on any atom is -0.496 e. The first-order valence-electron chi connectivity index (χ1n) is 8.35. The SMILES string of the molecule is COCC[C@]1(CO)CCCN(C/C=C/c2ccccc2OC)C1. The lowest BCUT2D eigenvalue weighted by Crippen LogP contribution is -2.45. The standard InChI is InChI=1S/C19H29NO3/c1-22-14-11-19(16-21)10-6-13-20(15-19)12-5-8-17-7-3-4-9-18(17)23-2/h3-5,7-9,21H,6,10-16H2,1-2H3/b8-5+/t19-/m1/s1. The monoisotopic (exact) mass is 319 g/mol. The molecular formula is C19H29NO3. The van der Waals surface area contributed by atoms with Gasteiger partial charge in [-0.1, -0.05) is 30.4 Å². The predicted octanol–water partition coefficient (Wildman–Crippen LogP) is 2.82. The highest BCUT2D eigenvalue weighted by molar-refractivity contribution is 5.57. The van der Waals surface area contributed by atoms with Gasteiger partial charge in [0.25, 0.3) is 0 Å². The predicted molar refractivity (Wildman–Crippen MR) is 93.7 cm³/mol. The smallest absolute Gasteiger partial charge is 0.126 e. The summed E-state index contributed by atoms with van der Waals surface area (Å²) in [5, 5.41) is 9.84. The number of aliphatic hydroxyl groups is 1. The molecule has 1 aliphatic rings. The number of likely N-dealkylation sites (tertiary alicyclic amines) is 1. The van der Waals surface area contributed by atoms with Crippen LogP contribution in [0.5, 0.6) is 5.75 Å². The first kappa shape index (κ1) is 18.0. The highest BCUT2D eigenvalue weighted by Gasteiger charge is 2.34. The topological polar surface area (TPSA) is 41.9 Å². The molecule has 0 aliphatic carbocycles. The number of piperidine rings is 1. The summed E-state index contributed by atoms with van der Waals surface area (Å²) in [5.41, 5.74) is 1.09. The van der Waals surface area contributed by atoms with Gasteiger partial charge in [-0.25, -0.2) is 0 Å². The number of hydrogen-bond acceptors (Lipinski definition) is 4. The zero-order chi connectivity index (χ0) is 16.5. The molecule has 0 radical (unpaired) electrons. The van der Waals surface area contributed by atoms with E-state index in [1.165, 1.54) is 0 Å². The molecule has 1 aromatic rings. The van der Waals surface area contributed by atoms with E-state index in [-0.39, 0.29) is 12.0 Å². The van der Waals surface area contributed by atoms with Gasteiger partial charge in [0.05, 0.1) is 13.7 Å². The zero-order valence-corrected chi connectivity index (χ0v) is 14.3. The Kier molecular flexibility index (Phi) is 7.09. The summed E-state index contributed by atoms with van der Waals surface area (Å²) >= 11 is 0. The molecule has 0 amide bonds. The van der Waals surface area contributed by atoms with E-state index < -0.39 is 0 Å². The van der Waals surface area contributed by atoms with Crippen molar-refractivity contribution in [2.45, 2.75) is 19.3 Å². The molecule has 1 heterocycles. The molecule has 1 atom stereocenters. The number of aliphatic hydroxyl groups excluding tert-OH is 1. The third kappa shape index (κ3) is 5.06. The molecule has 0 bridgehead atoms. The van der Waals surface area contributed by atoms with Gasteiger partial charge >= 0.3 is 0 Å². The van der Waals surface area contributed by atoms with Gasteiger partial charge < -0.3 is 14.6 Å². The first-order chi connectivity index (χ1) is 11.2. The Hall–Kier alpha value is -1.36. The van der Waals surface area contributed by atoms with Crippen LogP contribution in [0, 0.1) is 5.41 Å². The molecule has 4 heteroatoms. The number of methoxy groups -OCH3 is 2. The fourth-order valence-electron chi connectivity index (χ4n) is 3.33. The molecule has 23 heavy (non-hydrogen) atoms. The van der Waals surface area contributed by atoms with Crippen molar-refractivity contribution < 1.29 is 14.6 Å². The van der Waals surface area contributed by atoms with Gasteiger partial charge in [-0.15, -0.1) is 0 Å². The fraction of sp³-hybridized carbons (Fsp3) is 0.579. The van der Waals surface area contributed by atoms with Crippen molar-refractivity contribution in [1.29, 1.82) is 0 Å². The maximum Gasteiger partial charge on any atom is 0.126 e. The van der Waals surface area contributed by atoms with Crippen LogP contribution < -0.4 is 4.74 Å². The average Bonchev–Trinajstić information content (AvgIpc) is 2.61. The lowest BCUT2D eigenvalue weighted by atomic mass is 9.78. The molecule has 1 N–H and O–H groups in total. The summed E-state index contributed by atoms with van der Waals surface area (Å²) in [4.78, 5) is 2.42. The molecule has 4 nitrogen and oxygen atoms in total. The van der Waals surface area contributed by atoms with Gasteiger partial charge in [0.1, 0.15) is 5.75 Å². The minimum absolute atomic E-state index is 0.00740. The van der Waals surface area contributed by atoms with E-state index in [2.05, 4.69) is 23.1 Å². The molecule has 2 rings (SSSR count). The van der Waals surface area contributed by atoms with Crippen LogP contribution in [-0.2, 0) is 4.74 Å². The summed E-state index contributed by atoms with van der Waals surface area (Å²) in [6.45, 7) is 3.87. The van der Waals surface area contributed by atoms with E-state index >= 15 is 0 Å². The lowest BCUT2D eigenvalue weighted by molar-refractivity contribution is 0.0115. The molecule has 1 aliphatic heterocycles. The van der Waals surface area contributed by atoms with Crippen LogP contribution in [0.4, 0.5) is 0 Å². The maximum atomic E-state index is 9.84. The Morgan fingerprint density at radius 3 is 2.87 bits per heavy atom. The molecule has 1 fully saturated rings. The Morgan fingerprint density at radius 1 is 1.30 bits per heavy atom.